The first-order valence-corrected chi connectivity index (χ1v) is 4.38. The molecule has 0 radical (unpaired) electrons. The van der Waals surface area contributed by atoms with Crippen LogP contribution >= 0.6 is 0 Å². The molecule has 0 bridgehead atoms. The summed E-state index contributed by atoms with van der Waals surface area (Å²) < 4.78 is 0. The van der Waals surface area contributed by atoms with Crippen molar-refractivity contribution in [2.45, 2.75) is 6.42 Å². The summed E-state index contributed by atoms with van der Waals surface area (Å²) >= 11 is 0. The molecule has 1 rings (SSSR count). The van der Waals surface area contributed by atoms with Crippen LogP contribution in [0.3, 0.4) is 0 Å². The molecule has 6 heteroatoms. The summed E-state index contributed by atoms with van der Waals surface area (Å²) in [4.78, 5) is 20.3. The van der Waals surface area contributed by atoms with Gasteiger partial charge in [-0.2, -0.15) is 5.26 Å². The van der Waals surface area contributed by atoms with Crippen LogP contribution in [0.4, 0.5) is 5.69 Å². The first-order chi connectivity index (χ1) is 7.54. The molecule has 0 amide bonds. The molecule has 82 valence electrons. The van der Waals surface area contributed by atoms with Gasteiger partial charge in [0.2, 0.25) is 0 Å². The zero-order chi connectivity index (χ0) is 12.1. The molecule has 0 aliphatic rings. The summed E-state index contributed by atoms with van der Waals surface area (Å²) in [6, 6.07) is 6.96. The number of hydrogen-bond acceptors (Lipinski definition) is 5. The quantitative estimate of drug-likeness (QED) is 0.524. The van der Waals surface area contributed by atoms with Gasteiger partial charge in [0, 0.05) is 12.1 Å². The van der Waals surface area contributed by atoms with Gasteiger partial charge in [-0.25, -0.2) is 0 Å². The maximum Gasteiger partial charge on any atom is 0.269 e. The third-order valence-electron chi connectivity index (χ3n) is 2.03. The van der Waals surface area contributed by atoms with Gasteiger partial charge in [0.25, 0.3) is 5.69 Å². The number of carboxylic acid groups (broad SMARTS) is 1. The van der Waals surface area contributed by atoms with E-state index in [4.69, 9.17) is 5.26 Å². The number of carbonyl (C=O) groups excluding carboxylic acids is 1. The lowest BCUT2D eigenvalue weighted by Crippen LogP contribution is -2.31. The molecule has 0 N–H and O–H groups in total. The van der Waals surface area contributed by atoms with Crippen LogP contribution in [0.25, 0.3) is 0 Å². The van der Waals surface area contributed by atoms with Crippen LogP contribution in [0, 0.1) is 27.4 Å². The highest BCUT2D eigenvalue weighted by atomic mass is 16.6. The summed E-state index contributed by atoms with van der Waals surface area (Å²) in [6.45, 7) is 0. The zero-order valence-corrected chi connectivity index (χ0v) is 8.12. The van der Waals surface area contributed by atoms with E-state index < -0.39 is 16.8 Å². The third-order valence-corrected chi connectivity index (χ3v) is 2.03. The maximum atomic E-state index is 10.5. The van der Waals surface area contributed by atoms with Crippen molar-refractivity contribution in [3.8, 4) is 6.07 Å². The van der Waals surface area contributed by atoms with Crippen molar-refractivity contribution in [2.24, 2.45) is 5.92 Å². The average molecular weight is 219 g/mol. The fourth-order valence-electron chi connectivity index (χ4n) is 1.17. The van der Waals surface area contributed by atoms with E-state index in [1.807, 2.05) is 0 Å². The summed E-state index contributed by atoms with van der Waals surface area (Å²) in [5.41, 5.74) is 0.465. The second-order valence-corrected chi connectivity index (χ2v) is 3.13. The monoisotopic (exact) mass is 219 g/mol. The number of non-ortho nitro benzene ring substituents is 1. The normalized spacial score (nSPS) is 11.4. The number of hydrogen-bond donors (Lipinski definition) is 0. The van der Waals surface area contributed by atoms with Crippen molar-refractivity contribution in [3.63, 3.8) is 0 Å². The number of nitrogens with zero attached hydrogens (tertiary/aromatic N) is 2. The maximum absolute atomic E-state index is 10.5. The molecule has 1 atom stereocenters. The van der Waals surface area contributed by atoms with Crippen LogP contribution in [0.5, 0.6) is 0 Å². The number of aliphatic carboxylic acids is 1. The van der Waals surface area contributed by atoms with Crippen LogP contribution in [0.1, 0.15) is 5.56 Å². The molecule has 0 aliphatic heterocycles. The van der Waals surface area contributed by atoms with Crippen LogP contribution < -0.4 is 5.11 Å². The minimum Gasteiger partial charge on any atom is -0.549 e. The predicted molar refractivity (Wildman–Crippen MR) is 50.9 cm³/mol. The van der Waals surface area contributed by atoms with Crippen molar-refractivity contribution in [2.75, 3.05) is 0 Å². The standard InChI is InChI=1S/C10H8N2O4/c11-6-8(10(13)14)5-7-1-3-9(4-2-7)12(15)16/h1-4,8H,5H2,(H,13,14)/p-1. The summed E-state index contributed by atoms with van der Waals surface area (Å²) in [7, 11) is 0. The highest BCUT2D eigenvalue weighted by molar-refractivity contribution is 5.71. The van der Waals surface area contributed by atoms with Crippen molar-refractivity contribution in [1.82, 2.24) is 0 Å². The molecule has 6 nitrogen and oxygen atoms in total. The van der Waals surface area contributed by atoms with Gasteiger partial charge in [0.1, 0.15) is 0 Å². The number of nitro groups is 1. The average Bonchev–Trinajstić information content (AvgIpc) is 2.26. The highest BCUT2D eigenvalue weighted by Gasteiger charge is 2.11. The molecule has 0 saturated heterocycles. The Morgan fingerprint density at radius 3 is 2.38 bits per heavy atom. The fraction of sp³-hybridized carbons (Fsp3) is 0.200. The lowest BCUT2D eigenvalue weighted by atomic mass is 10.0. The van der Waals surface area contributed by atoms with Crippen molar-refractivity contribution < 1.29 is 14.8 Å². The van der Waals surface area contributed by atoms with E-state index in [0.29, 0.717) is 5.56 Å². The molecule has 0 aliphatic carbocycles. The summed E-state index contributed by atoms with van der Waals surface area (Å²) in [5.74, 6) is -2.68. The molecule has 1 aromatic rings. The van der Waals surface area contributed by atoms with E-state index in [0.717, 1.165) is 0 Å². The minimum absolute atomic E-state index is 0.0170. The molecule has 0 saturated carbocycles. The highest BCUT2D eigenvalue weighted by Crippen LogP contribution is 2.14. The van der Waals surface area contributed by atoms with Gasteiger partial charge in [0.05, 0.1) is 22.9 Å². The summed E-state index contributed by atoms with van der Waals surface area (Å²) in [5, 5.41) is 29.3. The molecule has 0 heterocycles. The molecule has 0 aromatic heterocycles. The second-order valence-electron chi connectivity index (χ2n) is 3.13. The van der Waals surface area contributed by atoms with Crippen LogP contribution in [-0.4, -0.2) is 10.9 Å². The Hall–Kier alpha value is -2.42. The van der Waals surface area contributed by atoms with Crippen molar-refractivity contribution in [3.05, 3.63) is 39.9 Å². The third kappa shape index (κ3) is 2.78. The van der Waals surface area contributed by atoms with Gasteiger partial charge >= 0.3 is 0 Å². The van der Waals surface area contributed by atoms with E-state index in [-0.39, 0.29) is 12.1 Å². The Bertz CT molecular complexity index is 447. The second kappa shape index (κ2) is 4.89. The van der Waals surface area contributed by atoms with Gasteiger partial charge in [0.15, 0.2) is 0 Å². The lowest BCUT2D eigenvalue weighted by molar-refractivity contribution is -0.384. The van der Waals surface area contributed by atoms with Crippen LogP contribution in [0.15, 0.2) is 24.3 Å². The Balaban J connectivity index is 2.80. The summed E-state index contributed by atoms with van der Waals surface area (Å²) in [6.07, 6.45) is -0.0170. The first-order valence-electron chi connectivity index (χ1n) is 4.38. The van der Waals surface area contributed by atoms with Gasteiger partial charge in [-0.3, -0.25) is 10.1 Å². The molecule has 0 fully saturated rings. The smallest absolute Gasteiger partial charge is 0.269 e. The molecular weight excluding hydrogens is 212 g/mol. The largest absolute Gasteiger partial charge is 0.549 e. The number of carbonyl (C=O) groups is 1. The van der Waals surface area contributed by atoms with Gasteiger partial charge in [-0.05, 0) is 12.0 Å². The molecule has 16 heavy (non-hydrogen) atoms. The topological polar surface area (TPSA) is 107 Å². The van der Waals surface area contributed by atoms with Crippen molar-refractivity contribution >= 4 is 11.7 Å². The molecule has 1 aromatic carbocycles. The fourth-order valence-corrected chi connectivity index (χ4v) is 1.17. The molecule has 0 spiro atoms. The van der Waals surface area contributed by atoms with Gasteiger partial charge in [-0.15, -0.1) is 0 Å². The van der Waals surface area contributed by atoms with E-state index in [9.17, 15) is 20.0 Å². The Labute approximate surface area is 90.9 Å². The number of carboxylic acids is 1. The lowest BCUT2D eigenvalue weighted by Gasteiger charge is -2.09. The van der Waals surface area contributed by atoms with Crippen LogP contribution in [0.2, 0.25) is 0 Å². The number of rotatable bonds is 4. The van der Waals surface area contributed by atoms with E-state index in [2.05, 4.69) is 0 Å². The molecule has 1 unspecified atom stereocenters. The van der Waals surface area contributed by atoms with Gasteiger partial charge in [-0.1, -0.05) is 12.1 Å². The zero-order valence-electron chi connectivity index (χ0n) is 8.12. The SMILES string of the molecule is N#CC(Cc1ccc([N+](=O)[O-])cc1)C(=O)[O-]. The van der Waals surface area contributed by atoms with Gasteiger partial charge < -0.3 is 9.90 Å². The molecular formula is C10H7N2O4-. The Kier molecular flexibility index (Phi) is 3.56. The van der Waals surface area contributed by atoms with Crippen LogP contribution in [-0.2, 0) is 11.2 Å². The predicted octanol–water partition coefficient (Wildman–Crippen LogP) is 0.0270. The van der Waals surface area contributed by atoms with Crippen molar-refractivity contribution in [1.29, 1.82) is 5.26 Å². The Morgan fingerprint density at radius 1 is 1.44 bits per heavy atom. The number of benzene rings is 1. The minimum atomic E-state index is -1.44. The number of nitriles is 1. The van der Waals surface area contributed by atoms with E-state index in [1.165, 1.54) is 24.3 Å². The number of nitro benzene ring substituents is 1. The Morgan fingerprint density at radius 2 is 2.00 bits per heavy atom. The van der Waals surface area contributed by atoms with E-state index in [1.54, 1.807) is 6.07 Å². The first kappa shape index (κ1) is 11.7. The van der Waals surface area contributed by atoms with E-state index >= 15 is 0 Å².